The highest BCUT2D eigenvalue weighted by Gasteiger charge is 2.16. The maximum atomic E-state index is 12.3. The van der Waals surface area contributed by atoms with Gasteiger partial charge in [-0.15, -0.1) is 0 Å². The first-order valence-electron chi connectivity index (χ1n) is 7.39. The Labute approximate surface area is 136 Å². The van der Waals surface area contributed by atoms with Crippen molar-refractivity contribution in [3.8, 4) is 0 Å². The molecule has 0 bridgehead atoms. The molecular formula is C17H20N2O3S. The summed E-state index contributed by atoms with van der Waals surface area (Å²) in [6.45, 7) is 3.88. The Kier molecular flexibility index (Phi) is 5.52. The lowest BCUT2D eigenvalue weighted by Crippen LogP contribution is -2.27. The quantitative estimate of drug-likeness (QED) is 0.853. The molecule has 0 aliphatic rings. The van der Waals surface area contributed by atoms with Crippen molar-refractivity contribution in [1.82, 2.24) is 10.0 Å². The van der Waals surface area contributed by atoms with Crippen LogP contribution in [-0.2, 0) is 10.0 Å². The number of hydrogen-bond acceptors (Lipinski definition) is 3. The van der Waals surface area contributed by atoms with Crippen LogP contribution in [0.15, 0.2) is 59.5 Å². The van der Waals surface area contributed by atoms with Crippen LogP contribution in [0.3, 0.4) is 0 Å². The lowest BCUT2D eigenvalue weighted by molar-refractivity contribution is 0.0939. The molecule has 0 saturated carbocycles. The molecule has 1 amide bonds. The molecule has 0 spiro atoms. The number of sulfonamides is 1. The molecule has 1 atom stereocenters. The highest BCUT2D eigenvalue weighted by atomic mass is 32.2. The predicted octanol–water partition coefficient (Wildman–Crippen LogP) is 2.48. The van der Waals surface area contributed by atoms with Gasteiger partial charge in [-0.2, -0.15) is 0 Å². The van der Waals surface area contributed by atoms with Crippen molar-refractivity contribution in [3.63, 3.8) is 0 Å². The molecular weight excluding hydrogens is 312 g/mol. The Balaban J connectivity index is 2.17. The van der Waals surface area contributed by atoms with E-state index in [-0.39, 0.29) is 16.8 Å². The molecule has 2 N–H and O–H groups in total. The monoisotopic (exact) mass is 332 g/mol. The van der Waals surface area contributed by atoms with Crippen molar-refractivity contribution in [2.24, 2.45) is 0 Å². The minimum Gasteiger partial charge on any atom is -0.346 e. The summed E-state index contributed by atoms with van der Waals surface area (Å²) in [6, 6.07) is 15.4. The standard InChI is InChI=1S/C17H20N2O3S/c1-3-18-23(21,22)16-11-7-10-15(12-16)17(20)19-13(2)14-8-5-4-6-9-14/h4-13,18H,3H2,1-2H3,(H,19,20). The summed E-state index contributed by atoms with van der Waals surface area (Å²) >= 11 is 0. The van der Waals surface area contributed by atoms with E-state index in [1.54, 1.807) is 19.1 Å². The van der Waals surface area contributed by atoms with Crippen molar-refractivity contribution >= 4 is 15.9 Å². The summed E-state index contributed by atoms with van der Waals surface area (Å²) in [5.41, 5.74) is 1.30. The van der Waals surface area contributed by atoms with Gasteiger partial charge in [-0.25, -0.2) is 13.1 Å². The highest BCUT2D eigenvalue weighted by molar-refractivity contribution is 7.89. The molecule has 23 heavy (non-hydrogen) atoms. The Morgan fingerprint density at radius 3 is 2.43 bits per heavy atom. The van der Waals surface area contributed by atoms with Crippen LogP contribution in [0.25, 0.3) is 0 Å². The first-order chi connectivity index (χ1) is 10.9. The highest BCUT2D eigenvalue weighted by Crippen LogP contribution is 2.15. The van der Waals surface area contributed by atoms with Crippen LogP contribution in [0, 0.1) is 0 Å². The van der Waals surface area contributed by atoms with Crippen LogP contribution in [0.2, 0.25) is 0 Å². The fourth-order valence-corrected chi connectivity index (χ4v) is 3.27. The van der Waals surface area contributed by atoms with Crippen molar-refractivity contribution in [2.45, 2.75) is 24.8 Å². The van der Waals surface area contributed by atoms with Gasteiger partial charge in [0.05, 0.1) is 10.9 Å². The van der Waals surface area contributed by atoms with Crippen molar-refractivity contribution < 1.29 is 13.2 Å². The smallest absolute Gasteiger partial charge is 0.251 e. The van der Waals surface area contributed by atoms with Gasteiger partial charge in [0.25, 0.3) is 5.91 Å². The molecule has 0 aromatic heterocycles. The van der Waals surface area contributed by atoms with Gasteiger partial charge in [0.2, 0.25) is 10.0 Å². The normalized spacial score (nSPS) is 12.6. The van der Waals surface area contributed by atoms with Crippen LogP contribution in [0.5, 0.6) is 0 Å². The molecule has 2 rings (SSSR count). The van der Waals surface area contributed by atoms with Crippen LogP contribution >= 0.6 is 0 Å². The summed E-state index contributed by atoms with van der Waals surface area (Å²) in [7, 11) is -3.58. The third-order valence-electron chi connectivity index (χ3n) is 3.39. The Morgan fingerprint density at radius 1 is 1.09 bits per heavy atom. The summed E-state index contributed by atoms with van der Waals surface area (Å²) < 4.78 is 26.4. The number of amides is 1. The predicted molar refractivity (Wildman–Crippen MR) is 89.6 cm³/mol. The van der Waals surface area contributed by atoms with E-state index >= 15 is 0 Å². The van der Waals surface area contributed by atoms with Crippen LogP contribution in [0.1, 0.15) is 35.8 Å². The van der Waals surface area contributed by atoms with E-state index in [1.165, 1.54) is 12.1 Å². The molecule has 1 unspecified atom stereocenters. The number of rotatable bonds is 6. The maximum absolute atomic E-state index is 12.3. The fourth-order valence-electron chi connectivity index (χ4n) is 2.18. The second-order valence-electron chi connectivity index (χ2n) is 5.13. The second-order valence-corrected chi connectivity index (χ2v) is 6.90. The summed E-state index contributed by atoms with van der Waals surface area (Å²) in [5.74, 6) is -0.310. The first-order valence-corrected chi connectivity index (χ1v) is 8.88. The minimum absolute atomic E-state index is 0.0827. The zero-order valence-corrected chi connectivity index (χ0v) is 13.9. The van der Waals surface area contributed by atoms with E-state index < -0.39 is 10.0 Å². The van der Waals surface area contributed by atoms with E-state index in [0.29, 0.717) is 12.1 Å². The van der Waals surface area contributed by atoms with Crippen molar-refractivity contribution in [2.75, 3.05) is 6.54 Å². The molecule has 0 saturated heterocycles. The minimum atomic E-state index is -3.58. The topological polar surface area (TPSA) is 75.3 Å². The first kappa shape index (κ1) is 17.2. The summed E-state index contributed by atoms with van der Waals surface area (Å²) in [4.78, 5) is 12.4. The Hall–Kier alpha value is -2.18. The van der Waals surface area contributed by atoms with Crippen LogP contribution in [-0.4, -0.2) is 20.9 Å². The molecule has 0 fully saturated rings. The van der Waals surface area contributed by atoms with E-state index in [1.807, 2.05) is 37.3 Å². The third kappa shape index (κ3) is 4.40. The Bertz CT molecular complexity index is 773. The maximum Gasteiger partial charge on any atom is 0.251 e. The van der Waals surface area contributed by atoms with Crippen molar-refractivity contribution in [1.29, 1.82) is 0 Å². The zero-order valence-electron chi connectivity index (χ0n) is 13.1. The molecule has 122 valence electrons. The average molecular weight is 332 g/mol. The number of carbonyl (C=O) groups excluding carboxylic acids is 1. The van der Waals surface area contributed by atoms with E-state index in [2.05, 4.69) is 10.0 Å². The van der Waals surface area contributed by atoms with Gasteiger partial charge in [0.1, 0.15) is 0 Å². The molecule has 0 aliphatic carbocycles. The van der Waals surface area contributed by atoms with Gasteiger partial charge in [-0.3, -0.25) is 4.79 Å². The summed E-state index contributed by atoms with van der Waals surface area (Å²) in [6.07, 6.45) is 0. The second kappa shape index (κ2) is 7.39. The third-order valence-corrected chi connectivity index (χ3v) is 4.93. The summed E-state index contributed by atoms with van der Waals surface area (Å²) in [5, 5.41) is 2.87. The van der Waals surface area contributed by atoms with Gasteiger partial charge >= 0.3 is 0 Å². The lowest BCUT2D eigenvalue weighted by atomic mass is 10.1. The fraction of sp³-hybridized carbons (Fsp3) is 0.235. The largest absolute Gasteiger partial charge is 0.346 e. The SMILES string of the molecule is CCNS(=O)(=O)c1cccc(C(=O)NC(C)c2ccccc2)c1. The zero-order chi connectivity index (χ0) is 16.9. The average Bonchev–Trinajstić information content (AvgIpc) is 2.55. The molecule has 0 aliphatic heterocycles. The van der Waals surface area contributed by atoms with Crippen LogP contribution < -0.4 is 10.0 Å². The van der Waals surface area contributed by atoms with Gasteiger partial charge in [-0.1, -0.05) is 43.3 Å². The number of benzene rings is 2. The number of hydrogen-bond donors (Lipinski definition) is 2. The molecule has 5 nitrogen and oxygen atoms in total. The Morgan fingerprint density at radius 2 is 1.78 bits per heavy atom. The number of nitrogens with one attached hydrogen (secondary N) is 2. The van der Waals surface area contributed by atoms with Gasteiger partial charge in [0, 0.05) is 12.1 Å². The van der Waals surface area contributed by atoms with E-state index in [4.69, 9.17) is 0 Å². The van der Waals surface area contributed by atoms with E-state index in [9.17, 15) is 13.2 Å². The lowest BCUT2D eigenvalue weighted by Gasteiger charge is -2.14. The van der Waals surface area contributed by atoms with Gasteiger partial charge < -0.3 is 5.32 Å². The van der Waals surface area contributed by atoms with Crippen molar-refractivity contribution in [3.05, 3.63) is 65.7 Å². The molecule has 2 aromatic rings. The van der Waals surface area contributed by atoms with Crippen LogP contribution in [0.4, 0.5) is 0 Å². The molecule has 2 aromatic carbocycles. The van der Waals surface area contributed by atoms with Gasteiger partial charge in [0.15, 0.2) is 0 Å². The molecule has 0 heterocycles. The number of carbonyl (C=O) groups is 1. The molecule has 6 heteroatoms. The van der Waals surface area contributed by atoms with E-state index in [0.717, 1.165) is 5.56 Å². The van der Waals surface area contributed by atoms with Gasteiger partial charge in [-0.05, 0) is 30.7 Å². The molecule has 0 radical (unpaired) electrons.